The Morgan fingerprint density at radius 1 is 0.529 bits per heavy atom. The Bertz CT molecular complexity index is 393. The van der Waals surface area contributed by atoms with Gasteiger partial charge in [0.15, 0.2) is 0 Å². The summed E-state index contributed by atoms with van der Waals surface area (Å²) in [5.74, 6) is 0. The maximum absolute atomic E-state index is 12.2. The quantitative estimate of drug-likeness (QED) is 0.102. The molecule has 0 aromatic carbocycles. The minimum absolute atomic E-state index is 0.0786. The van der Waals surface area contributed by atoms with E-state index in [9.17, 15) is 4.79 Å². The van der Waals surface area contributed by atoms with Crippen LogP contribution in [-0.2, 0) is 9.47 Å². The number of hydrogen-bond donors (Lipinski definition) is 0. The van der Waals surface area contributed by atoms with Gasteiger partial charge in [0.05, 0.1) is 0 Å². The highest BCUT2D eigenvalue weighted by molar-refractivity contribution is 5.60. The molecule has 0 aliphatic carbocycles. The third-order valence-electron chi connectivity index (χ3n) is 6.58. The van der Waals surface area contributed by atoms with Gasteiger partial charge >= 0.3 is 6.16 Å². The maximum atomic E-state index is 12.2. The second kappa shape index (κ2) is 23.9. The van der Waals surface area contributed by atoms with E-state index in [0.717, 1.165) is 38.8 Å². The highest BCUT2D eigenvalue weighted by Crippen LogP contribution is 2.11. The van der Waals surface area contributed by atoms with Gasteiger partial charge < -0.3 is 19.3 Å². The van der Waals surface area contributed by atoms with Crippen LogP contribution in [0, 0.1) is 0 Å². The largest absolute Gasteiger partial charge is 0.508 e. The third kappa shape index (κ3) is 20.6. The zero-order valence-electron chi connectivity index (χ0n) is 23.9. The highest BCUT2D eigenvalue weighted by atomic mass is 16.7. The Balaban J connectivity index is 3.97. The SMILES string of the molecule is CCCCN(CCCC)CCCCC(C)OC(=O)OC(C)CCCCN(CCCC)CCCC. The molecule has 0 bridgehead atoms. The smallest absolute Gasteiger partial charge is 0.431 e. The van der Waals surface area contributed by atoms with Crippen LogP contribution >= 0.6 is 0 Å². The lowest BCUT2D eigenvalue weighted by atomic mass is 10.1. The third-order valence-corrected chi connectivity index (χ3v) is 6.58. The standard InChI is InChI=1S/C29H60N2O3/c1-7-11-21-30(22-12-8-2)25-17-15-19-27(5)33-29(32)34-28(6)20-16-18-26-31(23-13-9-3)24-14-10-4/h27-28H,7-26H2,1-6H3. The number of carbonyl (C=O) groups is 1. The van der Waals surface area contributed by atoms with Gasteiger partial charge in [-0.2, -0.15) is 0 Å². The van der Waals surface area contributed by atoms with Crippen LogP contribution in [0.5, 0.6) is 0 Å². The molecule has 0 aromatic rings. The Morgan fingerprint density at radius 2 is 0.824 bits per heavy atom. The summed E-state index contributed by atoms with van der Waals surface area (Å²) in [4.78, 5) is 17.4. The lowest BCUT2D eigenvalue weighted by Gasteiger charge is -2.22. The molecule has 2 atom stereocenters. The van der Waals surface area contributed by atoms with E-state index < -0.39 is 6.16 Å². The molecule has 0 radical (unpaired) electrons. The van der Waals surface area contributed by atoms with Crippen LogP contribution in [0.4, 0.5) is 4.79 Å². The molecule has 34 heavy (non-hydrogen) atoms. The van der Waals surface area contributed by atoms with Crippen LogP contribution < -0.4 is 0 Å². The molecule has 2 unspecified atom stereocenters. The summed E-state index contributed by atoms with van der Waals surface area (Å²) in [5.41, 5.74) is 0. The second-order valence-corrected chi connectivity index (χ2v) is 10.2. The van der Waals surface area contributed by atoms with Crippen LogP contribution in [-0.4, -0.2) is 67.4 Å². The summed E-state index contributed by atoms with van der Waals surface area (Å²) in [6.07, 6.45) is 15.8. The summed E-state index contributed by atoms with van der Waals surface area (Å²) in [5, 5.41) is 0. The molecule has 0 spiro atoms. The molecule has 0 amide bonds. The van der Waals surface area contributed by atoms with Crippen molar-refractivity contribution in [2.75, 3.05) is 39.3 Å². The lowest BCUT2D eigenvalue weighted by Crippen LogP contribution is -2.27. The Labute approximate surface area is 213 Å². The van der Waals surface area contributed by atoms with Gasteiger partial charge in [-0.25, -0.2) is 4.79 Å². The molecule has 204 valence electrons. The molecule has 0 heterocycles. The fourth-order valence-electron chi connectivity index (χ4n) is 4.21. The molecular formula is C29H60N2O3. The molecular weight excluding hydrogens is 424 g/mol. The Hall–Kier alpha value is -0.810. The van der Waals surface area contributed by atoms with Crippen LogP contribution in [0.1, 0.15) is 131 Å². The average Bonchev–Trinajstić information content (AvgIpc) is 2.81. The molecule has 0 saturated heterocycles. The monoisotopic (exact) mass is 484 g/mol. The first-order chi connectivity index (χ1) is 16.5. The van der Waals surface area contributed by atoms with Gasteiger partial charge in [-0.05, 0) is 117 Å². The molecule has 0 fully saturated rings. The number of carbonyl (C=O) groups excluding carboxylic acids is 1. The van der Waals surface area contributed by atoms with E-state index in [0.29, 0.717) is 0 Å². The molecule has 0 aromatic heterocycles. The second-order valence-electron chi connectivity index (χ2n) is 10.2. The van der Waals surface area contributed by atoms with E-state index in [1.54, 1.807) is 0 Å². The highest BCUT2D eigenvalue weighted by Gasteiger charge is 2.15. The number of hydrogen-bond acceptors (Lipinski definition) is 5. The number of rotatable bonds is 24. The zero-order valence-corrected chi connectivity index (χ0v) is 23.9. The van der Waals surface area contributed by atoms with E-state index in [-0.39, 0.29) is 12.2 Å². The van der Waals surface area contributed by atoms with Gasteiger partial charge in [-0.15, -0.1) is 0 Å². The fraction of sp³-hybridized carbons (Fsp3) is 0.966. The molecule has 5 nitrogen and oxygen atoms in total. The van der Waals surface area contributed by atoms with Crippen molar-refractivity contribution in [3.8, 4) is 0 Å². The predicted octanol–water partition coefficient (Wildman–Crippen LogP) is 8.06. The summed E-state index contributed by atoms with van der Waals surface area (Å²) < 4.78 is 11.0. The first-order valence-corrected chi connectivity index (χ1v) is 14.8. The van der Waals surface area contributed by atoms with Crippen LogP contribution in [0.25, 0.3) is 0 Å². The van der Waals surface area contributed by atoms with E-state index in [4.69, 9.17) is 9.47 Å². The molecule has 0 aliphatic heterocycles. The Kier molecular flexibility index (Phi) is 23.3. The molecule has 0 rings (SSSR count). The van der Waals surface area contributed by atoms with Crippen LogP contribution in [0.3, 0.4) is 0 Å². The molecule has 0 N–H and O–H groups in total. The van der Waals surface area contributed by atoms with Crippen LogP contribution in [0.15, 0.2) is 0 Å². The van der Waals surface area contributed by atoms with Crippen molar-refractivity contribution in [3.05, 3.63) is 0 Å². The number of nitrogens with zero attached hydrogens (tertiary/aromatic N) is 2. The van der Waals surface area contributed by atoms with Gasteiger partial charge in [0.1, 0.15) is 12.2 Å². The molecule has 0 saturated carbocycles. The van der Waals surface area contributed by atoms with Crippen molar-refractivity contribution >= 4 is 6.16 Å². The van der Waals surface area contributed by atoms with Crippen molar-refractivity contribution < 1.29 is 14.3 Å². The van der Waals surface area contributed by atoms with Gasteiger partial charge in [-0.1, -0.05) is 53.4 Å². The first kappa shape index (κ1) is 33.2. The van der Waals surface area contributed by atoms with Gasteiger partial charge in [0.25, 0.3) is 0 Å². The molecule has 5 heteroatoms. The lowest BCUT2D eigenvalue weighted by molar-refractivity contribution is 0.00243. The summed E-state index contributed by atoms with van der Waals surface area (Å²) in [6, 6.07) is 0. The maximum Gasteiger partial charge on any atom is 0.508 e. The molecule has 0 aliphatic rings. The Morgan fingerprint density at radius 3 is 1.12 bits per heavy atom. The van der Waals surface area contributed by atoms with E-state index in [1.165, 1.54) is 90.4 Å². The normalized spacial score (nSPS) is 13.4. The van der Waals surface area contributed by atoms with Gasteiger partial charge in [-0.3, -0.25) is 0 Å². The van der Waals surface area contributed by atoms with E-state index in [2.05, 4.69) is 37.5 Å². The van der Waals surface area contributed by atoms with Crippen molar-refractivity contribution in [1.82, 2.24) is 9.80 Å². The minimum Gasteiger partial charge on any atom is -0.431 e. The average molecular weight is 485 g/mol. The van der Waals surface area contributed by atoms with Crippen molar-refractivity contribution in [2.24, 2.45) is 0 Å². The summed E-state index contributed by atoms with van der Waals surface area (Å²) in [7, 11) is 0. The number of unbranched alkanes of at least 4 members (excludes halogenated alkanes) is 6. The first-order valence-electron chi connectivity index (χ1n) is 14.8. The minimum atomic E-state index is -0.500. The van der Waals surface area contributed by atoms with Crippen molar-refractivity contribution in [1.29, 1.82) is 0 Å². The fourth-order valence-corrected chi connectivity index (χ4v) is 4.21. The summed E-state index contributed by atoms with van der Waals surface area (Å²) >= 11 is 0. The van der Waals surface area contributed by atoms with Crippen molar-refractivity contribution in [3.63, 3.8) is 0 Å². The van der Waals surface area contributed by atoms with E-state index in [1.807, 2.05) is 13.8 Å². The summed E-state index contributed by atoms with van der Waals surface area (Å²) in [6.45, 7) is 20.2. The number of ether oxygens (including phenoxy) is 2. The van der Waals surface area contributed by atoms with Gasteiger partial charge in [0.2, 0.25) is 0 Å². The topological polar surface area (TPSA) is 42.0 Å². The van der Waals surface area contributed by atoms with Gasteiger partial charge in [0, 0.05) is 0 Å². The van der Waals surface area contributed by atoms with E-state index >= 15 is 0 Å². The van der Waals surface area contributed by atoms with Crippen molar-refractivity contribution in [2.45, 2.75) is 144 Å². The zero-order chi connectivity index (χ0) is 25.4. The van der Waals surface area contributed by atoms with Crippen LogP contribution in [0.2, 0.25) is 0 Å². The predicted molar refractivity (Wildman–Crippen MR) is 147 cm³/mol.